The van der Waals surface area contributed by atoms with Gasteiger partial charge in [-0.05, 0) is 42.3 Å². The third-order valence-electron chi connectivity index (χ3n) is 3.02. The van der Waals surface area contributed by atoms with E-state index in [1.165, 1.54) is 17.7 Å². The van der Waals surface area contributed by atoms with Gasteiger partial charge in [0.15, 0.2) is 0 Å². The Kier molecular flexibility index (Phi) is 4.35. The zero-order valence-corrected chi connectivity index (χ0v) is 11.1. The summed E-state index contributed by atoms with van der Waals surface area (Å²) in [5.74, 6) is -0.930. The van der Waals surface area contributed by atoms with Crippen LogP contribution in [0.1, 0.15) is 28.4 Å². The highest BCUT2D eigenvalue weighted by atomic mass is 19.1. The first-order valence-electron chi connectivity index (χ1n) is 6.33. The summed E-state index contributed by atoms with van der Waals surface area (Å²) in [6.07, 6.45) is 0.940. The lowest BCUT2D eigenvalue weighted by Gasteiger charge is -2.08. The number of carbonyl (C=O) groups is 1. The van der Waals surface area contributed by atoms with Crippen LogP contribution in [-0.4, -0.2) is 11.1 Å². The number of carboxylic acid groups (broad SMARTS) is 1. The molecule has 4 heteroatoms. The van der Waals surface area contributed by atoms with Crippen molar-refractivity contribution in [2.24, 2.45) is 0 Å². The molecule has 0 amide bonds. The number of hydrogen-bond acceptors (Lipinski definition) is 2. The smallest absolute Gasteiger partial charge is 0.335 e. The summed E-state index contributed by atoms with van der Waals surface area (Å²) in [7, 11) is 0. The summed E-state index contributed by atoms with van der Waals surface area (Å²) in [6.45, 7) is 2.06. The predicted octanol–water partition coefficient (Wildman–Crippen LogP) is 3.67. The molecular formula is C16H15FO3. The van der Waals surface area contributed by atoms with Gasteiger partial charge in [-0.25, -0.2) is 9.18 Å². The van der Waals surface area contributed by atoms with Crippen molar-refractivity contribution in [2.75, 3.05) is 0 Å². The van der Waals surface area contributed by atoms with Gasteiger partial charge in [0.05, 0.1) is 5.56 Å². The van der Waals surface area contributed by atoms with Gasteiger partial charge in [-0.15, -0.1) is 0 Å². The Morgan fingerprint density at radius 1 is 1.20 bits per heavy atom. The molecule has 2 aromatic rings. The minimum Gasteiger partial charge on any atom is -0.489 e. The number of benzene rings is 2. The van der Waals surface area contributed by atoms with Crippen LogP contribution in [-0.2, 0) is 13.0 Å². The Balaban J connectivity index is 2.09. The number of rotatable bonds is 5. The lowest BCUT2D eigenvalue weighted by atomic mass is 10.1. The van der Waals surface area contributed by atoms with Crippen molar-refractivity contribution in [2.45, 2.75) is 20.0 Å². The molecule has 20 heavy (non-hydrogen) atoms. The first-order chi connectivity index (χ1) is 9.60. The Bertz CT molecular complexity index is 606. The third-order valence-corrected chi connectivity index (χ3v) is 3.02. The first kappa shape index (κ1) is 14.1. The summed E-state index contributed by atoms with van der Waals surface area (Å²) in [5, 5.41) is 8.88. The number of carboxylic acids is 1. The van der Waals surface area contributed by atoms with Crippen LogP contribution in [0, 0.1) is 5.82 Å². The fourth-order valence-electron chi connectivity index (χ4n) is 1.80. The van der Waals surface area contributed by atoms with Gasteiger partial charge in [0.2, 0.25) is 0 Å². The lowest BCUT2D eigenvalue weighted by Crippen LogP contribution is -2.03. The molecule has 0 heterocycles. The predicted molar refractivity (Wildman–Crippen MR) is 73.5 cm³/mol. The highest BCUT2D eigenvalue weighted by Gasteiger charge is 2.09. The highest BCUT2D eigenvalue weighted by Crippen LogP contribution is 2.17. The van der Waals surface area contributed by atoms with E-state index in [9.17, 15) is 9.18 Å². The Morgan fingerprint density at radius 3 is 2.50 bits per heavy atom. The number of halogens is 1. The number of hydrogen-bond donors (Lipinski definition) is 1. The average Bonchev–Trinajstić information content (AvgIpc) is 2.46. The van der Waals surface area contributed by atoms with Crippen LogP contribution < -0.4 is 4.74 Å². The quantitative estimate of drug-likeness (QED) is 0.905. The normalized spacial score (nSPS) is 10.3. The molecule has 2 aromatic carbocycles. The molecule has 2 rings (SSSR count). The summed E-state index contributed by atoms with van der Waals surface area (Å²) in [4.78, 5) is 10.8. The standard InChI is InChI=1S/C16H15FO3/c1-2-11-3-6-14(7-4-11)20-10-13-9-12(16(18)19)5-8-15(13)17/h3-9H,2,10H2,1H3,(H,18,19). The van der Waals surface area contributed by atoms with Crippen molar-refractivity contribution < 1.29 is 19.0 Å². The van der Waals surface area contributed by atoms with Crippen LogP contribution in [0.3, 0.4) is 0 Å². The molecule has 0 aliphatic heterocycles. The lowest BCUT2D eigenvalue weighted by molar-refractivity contribution is 0.0696. The Morgan fingerprint density at radius 2 is 1.90 bits per heavy atom. The van der Waals surface area contributed by atoms with E-state index in [4.69, 9.17) is 9.84 Å². The van der Waals surface area contributed by atoms with Gasteiger partial charge in [-0.2, -0.15) is 0 Å². The maximum Gasteiger partial charge on any atom is 0.335 e. The SMILES string of the molecule is CCc1ccc(OCc2cc(C(=O)O)ccc2F)cc1. The molecule has 0 unspecified atom stereocenters. The molecule has 0 bridgehead atoms. The Labute approximate surface area is 116 Å². The van der Waals surface area contributed by atoms with Gasteiger partial charge in [0.25, 0.3) is 0 Å². The minimum absolute atomic E-state index is 0.00156. The zero-order chi connectivity index (χ0) is 14.5. The second-order valence-corrected chi connectivity index (χ2v) is 4.40. The molecule has 0 saturated carbocycles. The van der Waals surface area contributed by atoms with Crippen molar-refractivity contribution in [3.63, 3.8) is 0 Å². The van der Waals surface area contributed by atoms with E-state index < -0.39 is 11.8 Å². The number of aryl methyl sites for hydroxylation is 1. The van der Waals surface area contributed by atoms with E-state index in [-0.39, 0.29) is 17.7 Å². The first-order valence-corrected chi connectivity index (χ1v) is 6.33. The van der Waals surface area contributed by atoms with Crippen molar-refractivity contribution in [1.82, 2.24) is 0 Å². The topological polar surface area (TPSA) is 46.5 Å². The molecule has 1 N–H and O–H groups in total. The Hall–Kier alpha value is -2.36. The van der Waals surface area contributed by atoms with Crippen LogP contribution in [0.2, 0.25) is 0 Å². The van der Waals surface area contributed by atoms with Gasteiger partial charge >= 0.3 is 5.97 Å². The molecule has 0 fully saturated rings. The van der Waals surface area contributed by atoms with Crippen molar-refractivity contribution in [1.29, 1.82) is 0 Å². The van der Waals surface area contributed by atoms with Gasteiger partial charge in [0, 0.05) is 5.56 Å². The van der Waals surface area contributed by atoms with Crippen molar-refractivity contribution in [3.8, 4) is 5.75 Å². The molecule has 0 atom stereocenters. The fraction of sp³-hybridized carbons (Fsp3) is 0.188. The number of aromatic carboxylic acids is 1. The number of ether oxygens (including phenoxy) is 1. The summed E-state index contributed by atoms with van der Waals surface area (Å²) >= 11 is 0. The molecule has 0 radical (unpaired) electrons. The van der Waals surface area contributed by atoms with Gasteiger partial charge in [-0.3, -0.25) is 0 Å². The third kappa shape index (κ3) is 3.35. The van der Waals surface area contributed by atoms with E-state index in [0.717, 1.165) is 12.5 Å². The van der Waals surface area contributed by atoms with Gasteiger partial charge in [0.1, 0.15) is 18.2 Å². The van der Waals surface area contributed by atoms with Gasteiger partial charge < -0.3 is 9.84 Å². The molecule has 0 aliphatic carbocycles. The highest BCUT2D eigenvalue weighted by molar-refractivity contribution is 5.87. The molecular weight excluding hydrogens is 259 g/mol. The van der Waals surface area contributed by atoms with E-state index in [2.05, 4.69) is 6.92 Å². The molecule has 0 saturated heterocycles. The van der Waals surface area contributed by atoms with Crippen molar-refractivity contribution in [3.05, 3.63) is 65.0 Å². The summed E-state index contributed by atoms with van der Waals surface area (Å²) in [6, 6.07) is 11.2. The molecule has 0 aromatic heterocycles. The molecule has 0 aliphatic rings. The molecule has 0 spiro atoms. The van der Waals surface area contributed by atoms with Gasteiger partial charge in [-0.1, -0.05) is 19.1 Å². The van der Waals surface area contributed by atoms with E-state index in [0.29, 0.717) is 5.75 Å². The average molecular weight is 274 g/mol. The van der Waals surface area contributed by atoms with Crippen LogP contribution >= 0.6 is 0 Å². The maximum atomic E-state index is 13.6. The maximum absolute atomic E-state index is 13.6. The van der Waals surface area contributed by atoms with E-state index >= 15 is 0 Å². The van der Waals surface area contributed by atoms with Crippen LogP contribution in [0.15, 0.2) is 42.5 Å². The van der Waals surface area contributed by atoms with Crippen LogP contribution in [0.25, 0.3) is 0 Å². The second-order valence-electron chi connectivity index (χ2n) is 4.40. The second kappa shape index (κ2) is 6.19. The molecule has 104 valence electrons. The fourth-order valence-corrected chi connectivity index (χ4v) is 1.80. The van der Waals surface area contributed by atoms with Crippen LogP contribution in [0.5, 0.6) is 5.75 Å². The largest absolute Gasteiger partial charge is 0.489 e. The van der Waals surface area contributed by atoms with Crippen molar-refractivity contribution >= 4 is 5.97 Å². The summed E-state index contributed by atoms with van der Waals surface area (Å²) < 4.78 is 19.1. The molecule has 3 nitrogen and oxygen atoms in total. The minimum atomic E-state index is -1.08. The monoisotopic (exact) mass is 274 g/mol. The zero-order valence-electron chi connectivity index (χ0n) is 11.1. The van der Waals surface area contributed by atoms with E-state index in [1.54, 1.807) is 0 Å². The van der Waals surface area contributed by atoms with E-state index in [1.807, 2.05) is 24.3 Å². The van der Waals surface area contributed by atoms with Crippen LogP contribution in [0.4, 0.5) is 4.39 Å². The summed E-state index contributed by atoms with van der Waals surface area (Å²) in [5.41, 5.74) is 1.47.